The van der Waals surface area contributed by atoms with Crippen LogP contribution in [0, 0.1) is 0 Å². The van der Waals surface area contributed by atoms with Crippen LogP contribution in [0.3, 0.4) is 0 Å². The molecule has 2 amide bonds. The van der Waals surface area contributed by atoms with Gasteiger partial charge in [0, 0.05) is 44.1 Å². The molecule has 3 rings (SSSR count). The number of phenolic OH excluding ortho intramolecular Hbond substituents is 1. The lowest BCUT2D eigenvalue weighted by Gasteiger charge is -2.22. The molecule has 0 aliphatic carbocycles. The van der Waals surface area contributed by atoms with Crippen molar-refractivity contribution < 1.29 is 14.7 Å². The van der Waals surface area contributed by atoms with E-state index in [0.29, 0.717) is 37.3 Å². The highest BCUT2D eigenvalue weighted by Crippen LogP contribution is 2.15. The predicted molar refractivity (Wildman–Crippen MR) is 88.8 cm³/mol. The lowest BCUT2D eigenvalue weighted by atomic mass is 10.2. The molecule has 1 aromatic carbocycles. The molecule has 0 atom stereocenters. The van der Waals surface area contributed by atoms with Crippen LogP contribution in [0.5, 0.6) is 5.75 Å². The van der Waals surface area contributed by atoms with Crippen molar-refractivity contribution in [2.24, 2.45) is 0 Å². The van der Waals surface area contributed by atoms with Crippen molar-refractivity contribution >= 4 is 11.8 Å². The molecule has 1 N–H and O–H groups in total. The molecule has 0 unspecified atom stereocenters. The number of hydrogen-bond acceptors (Lipinski definition) is 4. The monoisotopic (exact) mass is 325 g/mol. The van der Waals surface area contributed by atoms with Gasteiger partial charge in [-0.25, -0.2) is 0 Å². The third-order valence-electron chi connectivity index (χ3n) is 4.07. The van der Waals surface area contributed by atoms with Crippen molar-refractivity contribution in [3.8, 4) is 5.75 Å². The summed E-state index contributed by atoms with van der Waals surface area (Å²) in [5.41, 5.74) is 1.02. The van der Waals surface area contributed by atoms with E-state index in [2.05, 4.69) is 4.98 Å². The van der Waals surface area contributed by atoms with E-state index >= 15 is 0 Å². The van der Waals surface area contributed by atoms with E-state index in [4.69, 9.17) is 0 Å². The van der Waals surface area contributed by atoms with Gasteiger partial charge in [-0.1, -0.05) is 6.07 Å². The Kier molecular flexibility index (Phi) is 4.74. The van der Waals surface area contributed by atoms with Gasteiger partial charge in [0.05, 0.1) is 5.56 Å². The second-order valence-corrected chi connectivity index (χ2v) is 5.73. The van der Waals surface area contributed by atoms with Crippen molar-refractivity contribution in [2.45, 2.75) is 6.42 Å². The number of carbonyl (C=O) groups is 2. The number of benzene rings is 1. The summed E-state index contributed by atoms with van der Waals surface area (Å²) in [5, 5.41) is 9.53. The fraction of sp³-hybridized carbons (Fsp3) is 0.278. The second kappa shape index (κ2) is 7.12. The first-order valence-corrected chi connectivity index (χ1v) is 7.93. The summed E-state index contributed by atoms with van der Waals surface area (Å²) in [5.74, 6) is -0.111. The van der Waals surface area contributed by atoms with Crippen LogP contribution in [0.15, 0.2) is 48.8 Å². The Morgan fingerprint density at radius 3 is 2.21 bits per heavy atom. The zero-order chi connectivity index (χ0) is 16.9. The van der Waals surface area contributed by atoms with E-state index in [9.17, 15) is 14.7 Å². The first-order valence-electron chi connectivity index (χ1n) is 7.93. The van der Waals surface area contributed by atoms with Gasteiger partial charge in [0.25, 0.3) is 11.8 Å². The maximum atomic E-state index is 12.6. The number of carbonyl (C=O) groups excluding carboxylic acids is 2. The fourth-order valence-corrected chi connectivity index (χ4v) is 2.82. The highest BCUT2D eigenvalue weighted by Gasteiger charge is 2.23. The van der Waals surface area contributed by atoms with E-state index in [1.807, 2.05) is 0 Å². The average molecular weight is 325 g/mol. The lowest BCUT2D eigenvalue weighted by molar-refractivity contribution is 0.0718. The van der Waals surface area contributed by atoms with E-state index in [-0.39, 0.29) is 17.6 Å². The van der Waals surface area contributed by atoms with Crippen LogP contribution in [0.4, 0.5) is 0 Å². The number of rotatable bonds is 2. The number of phenols is 1. The minimum Gasteiger partial charge on any atom is -0.508 e. The van der Waals surface area contributed by atoms with Crippen molar-refractivity contribution in [3.05, 3.63) is 59.9 Å². The Hall–Kier alpha value is -2.89. The Morgan fingerprint density at radius 1 is 0.917 bits per heavy atom. The van der Waals surface area contributed by atoms with Crippen molar-refractivity contribution in [1.82, 2.24) is 14.8 Å². The van der Waals surface area contributed by atoms with E-state index in [0.717, 1.165) is 6.42 Å². The summed E-state index contributed by atoms with van der Waals surface area (Å²) >= 11 is 0. The van der Waals surface area contributed by atoms with Crippen molar-refractivity contribution in [3.63, 3.8) is 0 Å². The van der Waals surface area contributed by atoms with Gasteiger partial charge in [0.15, 0.2) is 0 Å². The normalized spacial score (nSPS) is 15.0. The number of pyridine rings is 1. The highest BCUT2D eigenvalue weighted by atomic mass is 16.3. The largest absolute Gasteiger partial charge is 0.508 e. The Morgan fingerprint density at radius 2 is 1.58 bits per heavy atom. The van der Waals surface area contributed by atoms with Crippen LogP contribution in [0.1, 0.15) is 27.1 Å². The van der Waals surface area contributed by atoms with Crippen LogP contribution >= 0.6 is 0 Å². The Bertz CT molecular complexity index is 733. The molecule has 0 saturated carbocycles. The molecule has 1 fully saturated rings. The summed E-state index contributed by atoms with van der Waals surface area (Å²) < 4.78 is 0. The van der Waals surface area contributed by atoms with Crippen LogP contribution in [-0.4, -0.2) is 57.9 Å². The standard InChI is InChI=1S/C18H19N3O3/c22-16-6-1-4-14(12-16)17(23)20-8-3-9-21(11-10-20)18(24)15-5-2-7-19-13-15/h1-2,4-7,12-13,22H,3,8-11H2. The van der Waals surface area contributed by atoms with Gasteiger partial charge >= 0.3 is 0 Å². The average Bonchev–Trinajstić information content (AvgIpc) is 2.87. The molecule has 6 nitrogen and oxygen atoms in total. The van der Waals surface area contributed by atoms with Gasteiger partial charge in [0.1, 0.15) is 5.75 Å². The van der Waals surface area contributed by atoms with Gasteiger partial charge in [-0.3, -0.25) is 14.6 Å². The molecule has 24 heavy (non-hydrogen) atoms. The number of nitrogens with zero attached hydrogens (tertiary/aromatic N) is 3. The molecular weight excluding hydrogens is 306 g/mol. The van der Waals surface area contributed by atoms with E-state index in [1.54, 1.807) is 46.5 Å². The molecule has 0 spiro atoms. The van der Waals surface area contributed by atoms with Crippen LogP contribution < -0.4 is 0 Å². The minimum atomic E-state index is -0.124. The summed E-state index contributed by atoms with van der Waals surface area (Å²) in [6, 6.07) is 9.82. The van der Waals surface area contributed by atoms with Gasteiger partial charge in [-0.05, 0) is 36.8 Å². The van der Waals surface area contributed by atoms with Crippen LogP contribution in [-0.2, 0) is 0 Å². The maximum Gasteiger partial charge on any atom is 0.255 e. The van der Waals surface area contributed by atoms with E-state index < -0.39 is 0 Å². The maximum absolute atomic E-state index is 12.6. The third kappa shape index (κ3) is 3.53. The zero-order valence-corrected chi connectivity index (χ0v) is 13.3. The lowest BCUT2D eigenvalue weighted by Crippen LogP contribution is -2.37. The topological polar surface area (TPSA) is 73.7 Å². The van der Waals surface area contributed by atoms with Crippen molar-refractivity contribution in [1.29, 1.82) is 0 Å². The first kappa shape index (κ1) is 16.0. The SMILES string of the molecule is O=C(c1cccnc1)N1CCCN(C(=O)c2cccc(O)c2)CC1. The molecule has 1 aliphatic rings. The number of aromatic nitrogens is 1. The number of aromatic hydroxyl groups is 1. The molecule has 1 aliphatic heterocycles. The number of amides is 2. The highest BCUT2D eigenvalue weighted by molar-refractivity contribution is 5.95. The summed E-state index contributed by atoms with van der Waals surface area (Å²) in [6.07, 6.45) is 3.91. The molecule has 124 valence electrons. The first-order chi connectivity index (χ1) is 11.6. The molecule has 0 bridgehead atoms. The molecule has 1 aromatic heterocycles. The summed E-state index contributed by atoms with van der Waals surface area (Å²) in [7, 11) is 0. The van der Waals surface area contributed by atoms with Gasteiger partial charge in [0.2, 0.25) is 0 Å². The van der Waals surface area contributed by atoms with Gasteiger partial charge in [-0.2, -0.15) is 0 Å². The van der Waals surface area contributed by atoms with Crippen LogP contribution in [0.2, 0.25) is 0 Å². The number of hydrogen-bond donors (Lipinski definition) is 1. The second-order valence-electron chi connectivity index (χ2n) is 5.73. The molecule has 6 heteroatoms. The minimum absolute atomic E-state index is 0.0604. The van der Waals surface area contributed by atoms with Crippen molar-refractivity contribution in [2.75, 3.05) is 26.2 Å². The van der Waals surface area contributed by atoms with Gasteiger partial charge < -0.3 is 14.9 Å². The van der Waals surface area contributed by atoms with Crippen LogP contribution in [0.25, 0.3) is 0 Å². The zero-order valence-electron chi connectivity index (χ0n) is 13.3. The molecular formula is C18H19N3O3. The summed E-state index contributed by atoms with van der Waals surface area (Å²) in [4.78, 5) is 32.5. The molecule has 2 aromatic rings. The quantitative estimate of drug-likeness (QED) is 0.913. The van der Waals surface area contributed by atoms with E-state index in [1.165, 1.54) is 12.1 Å². The predicted octanol–water partition coefficient (Wildman–Crippen LogP) is 1.78. The molecule has 0 radical (unpaired) electrons. The smallest absolute Gasteiger partial charge is 0.255 e. The molecule has 2 heterocycles. The Balaban J connectivity index is 1.67. The fourth-order valence-electron chi connectivity index (χ4n) is 2.82. The molecule has 1 saturated heterocycles. The Labute approximate surface area is 140 Å². The summed E-state index contributed by atoms with van der Waals surface area (Å²) in [6.45, 7) is 2.15. The third-order valence-corrected chi connectivity index (χ3v) is 4.07. The van der Waals surface area contributed by atoms with Gasteiger partial charge in [-0.15, -0.1) is 0 Å².